The predicted molar refractivity (Wildman–Crippen MR) is 72.7 cm³/mol. The molecule has 0 bridgehead atoms. The maximum atomic E-state index is 12.3. The van der Waals surface area contributed by atoms with Crippen LogP contribution >= 0.6 is 0 Å². The molecule has 104 valence electrons. The summed E-state index contributed by atoms with van der Waals surface area (Å²) in [4.78, 5) is 23.1. The number of carbonyl (C=O) groups excluding carboxylic acids is 1. The molecule has 0 spiro atoms. The fourth-order valence-corrected chi connectivity index (χ4v) is 2.04. The van der Waals surface area contributed by atoms with Gasteiger partial charge in [0, 0.05) is 6.42 Å². The van der Waals surface area contributed by atoms with Gasteiger partial charge in [0.2, 0.25) is 0 Å². The maximum Gasteiger partial charge on any atom is 0.303 e. The van der Waals surface area contributed by atoms with Crippen LogP contribution in [0.25, 0.3) is 0 Å². The van der Waals surface area contributed by atoms with E-state index in [2.05, 4.69) is 0 Å². The standard InChI is InChI=1S/C15H20O4/c1-10-5-6-13(19-4)11(7-10)12(16)8-15(2,3)9-14(17)18/h5-7H,8-9H2,1-4H3,(H,17,18). The lowest BCUT2D eigenvalue weighted by Gasteiger charge is -2.21. The summed E-state index contributed by atoms with van der Waals surface area (Å²) in [6.45, 7) is 5.46. The minimum absolute atomic E-state index is 0.0349. The first-order valence-corrected chi connectivity index (χ1v) is 6.15. The van der Waals surface area contributed by atoms with Crippen molar-refractivity contribution < 1.29 is 19.4 Å². The second kappa shape index (κ2) is 5.87. The van der Waals surface area contributed by atoms with Crippen molar-refractivity contribution in [2.75, 3.05) is 7.11 Å². The number of carbonyl (C=O) groups is 2. The van der Waals surface area contributed by atoms with E-state index < -0.39 is 11.4 Å². The number of aryl methyl sites for hydroxylation is 1. The van der Waals surface area contributed by atoms with Crippen LogP contribution in [0.15, 0.2) is 18.2 Å². The van der Waals surface area contributed by atoms with Crippen LogP contribution in [0, 0.1) is 12.3 Å². The van der Waals surface area contributed by atoms with Crippen LogP contribution in [-0.2, 0) is 4.79 Å². The zero-order valence-electron chi connectivity index (χ0n) is 11.8. The van der Waals surface area contributed by atoms with E-state index in [1.54, 1.807) is 26.0 Å². The molecule has 4 nitrogen and oxygen atoms in total. The number of rotatable bonds is 6. The third kappa shape index (κ3) is 4.39. The molecule has 0 fully saturated rings. The molecule has 0 saturated heterocycles. The summed E-state index contributed by atoms with van der Waals surface area (Å²) >= 11 is 0. The van der Waals surface area contributed by atoms with Gasteiger partial charge in [-0.05, 0) is 24.5 Å². The van der Waals surface area contributed by atoms with E-state index >= 15 is 0 Å². The Morgan fingerprint density at radius 2 is 1.89 bits per heavy atom. The molecule has 1 rings (SSSR count). The van der Waals surface area contributed by atoms with Crippen molar-refractivity contribution in [2.24, 2.45) is 5.41 Å². The monoisotopic (exact) mass is 264 g/mol. The van der Waals surface area contributed by atoms with Crippen LogP contribution in [0.2, 0.25) is 0 Å². The number of hydrogen-bond acceptors (Lipinski definition) is 3. The van der Waals surface area contributed by atoms with Gasteiger partial charge in [-0.25, -0.2) is 0 Å². The van der Waals surface area contributed by atoms with Gasteiger partial charge in [0.15, 0.2) is 5.78 Å². The van der Waals surface area contributed by atoms with Crippen LogP contribution in [0.1, 0.15) is 42.6 Å². The third-order valence-electron chi connectivity index (χ3n) is 2.92. The SMILES string of the molecule is COc1ccc(C)cc1C(=O)CC(C)(C)CC(=O)O. The first-order valence-electron chi connectivity index (χ1n) is 6.15. The first-order chi connectivity index (χ1) is 8.75. The quantitative estimate of drug-likeness (QED) is 0.802. The van der Waals surface area contributed by atoms with E-state index in [1.165, 1.54) is 7.11 Å². The molecule has 0 unspecified atom stereocenters. The zero-order valence-corrected chi connectivity index (χ0v) is 11.8. The van der Waals surface area contributed by atoms with Gasteiger partial charge in [0.1, 0.15) is 5.75 Å². The third-order valence-corrected chi connectivity index (χ3v) is 2.92. The number of carboxylic acids is 1. The lowest BCUT2D eigenvalue weighted by molar-refractivity contribution is -0.139. The normalized spacial score (nSPS) is 11.2. The van der Waals surface area contributed by atoms with Crippen molar-refractivity contribution in [3.05, 3.63) is 29.3 Å². The summed E-state index contributed by atoms with van der Waals surface area (Å²) in [5, 5.41) is 8.84. The van der Waals surface area contributed by atoms with Gasteiger partial charge in [-0.15, -0.1) is 0 Å². The van der Waals surface area contributed by atoms with Gasteiger partial charge < -0.3 is 9.84 Å². The zero-order chi connectivity index (χ0) is 14.6. The van der Waals surface area contributed by atoms with E-state index in [4.69, 9.17) is 9.84 Å². The molecule has 0 amide bonds. The highest BCUT2D eigenvalue weighted by molar-refractivity contribution is 5.99. The lowest BCUT2D eigenvalue weighted by atomic mass is 9.82. The van der Waals surface area contributed by atoms with Crippen molar-refractivity contribution >= 4 is 11.8 Å². The van der Waals surface area contributed by atoms with Gasteiger partial charge in [-0.1, -0.05) is 25.5 Å². The van der Waals surface area contributed by atoms with E-state index in [0.29, 0.717) is 11.3 Å². The molecule has 0 radical (unpaired) electrons. The number of hydrogen-bond donors (Lipinski definition) is 1. The molecule has 0 atom stereocenters. The van der Waals surface area contributed by atoms with E-state index in [1.807, 2.05) is 13.0 Å². The molecule has 0 aliphatic heterocycles. The summed E-state index contributed by atoms with van der Waals surface area (Å²) in [7, 11) is 1.52. The van der Waals surface area contributed by atoms with Gasteiger partial charge in [-0.3, -0.25) is 9.59 Å². The average molecular weight is 264 g/mol. The van der Waals surface area contributed by atoms with Crippen molar-refractivity contribution in [1.82, 2.24) is 0 Å². The van der Waals surface area contributed by atoms with Crippen LogP contribution in [-0.4, -0.2) is 24.0 Å². The number of ether oxygens (including phenoxy) is 1. The molecular formula is C15H20O4. The van der Waals surface area contributed by atoms with E-state index in [0.717, 1.165) is 5.56 Å². The number of ketones is 1. The molecule has 1 aromatic rings. The molecule has 1 aromatic carbocycles. The van der Waals surface area contributed by atoms with E-state index in [-0.39, 0.29) is 18.6 Å². The van der Waals surface area contributed by atoms with Crippen LogP contribution < -0.4 is 4.74 Å². The molecule has 0 saturated carbocycles. The lowest BCUT2D eigenvalue weighted by Crippen LogP contribution is -2.21. The molecule has 19 heavy (non-hydrogen) atoms. The second-order valence-corrected chi connectivity index (χ2v) is 5.54. The average Bonchev–Trinajstić information content (AvgIpc) is 2.26. The van der Waals surface area contributed by atoms with Gasteiger partial charge in [0.05, 0.1) is 19.1 Å². The summed E-state index contributed by atoms with van der Waals surface area (Å²) in [5.41, 5.74) is 0.915. The van der Waals surface area contributed by atoms with Gasteiger partial charge >= 0.3 is 5.97 Å². The van der Waals surface area contributed by atoms with Crippen LogP contribution in [0.5, 0.6) is 5.75 Å². The highest BCUT2D eigenvalue weighted by Crippen LogP contribution is 2.30. The highest BCUT2D eigenvalue weighted by Gasteiger charge is 2.27. The summed E-state index contributed by atoms with van der Waals surface area (Å²) < 4.78 is 5.18. The fourth-order valence-electron chi connectivity index (χ4n) is 2.04. The van der Waals surface area contributed by atoms with Gasteiger partial charge in [-0.2, -0.15) is 0 Å². The van der Waals surface area contributed by atoms with Gasteiger partial charge in [0.25, 0.3) is 0 Å². The molecule has 1 N–H and O–H groups in total. The molecule has 4 heteroatoms. The minimum Gasteiger partial charge on any atom is -0.496 e. The molecule has 0 heterocycles. The van der Waals surface area contributed by atoms with Crippen molar-refractivity contribution in [2.45, 2.75) is 33.6 Å². The first kappa shape index (κ1) is 15.2. The summed E-state index contributed by atoms with van der Waals surface area (Å²) in [6, 6.07) is 5.41. The maximum absolute atomic E-state index is 12.3. The molecule has 0 aliphatic carbocycles. The second-order valence-electron chi connectivity index (χ2n) is 5.54. The smallest absolute Gasteiger partial charge is 0.303 e. The Labute approximate surface area is 113 Å². The van der Waals surface area contributed by atoms with Crippen molar-refractivity contribution in [3.8, 4) is 5.75 Å². The molecule has 0 aliphatic rings. The molecular weight excluding hydrogens is 244 g/mol. The number of Topliss-reactive ketones (excluding diaryl/α,β-unsaturated/α-hetero) is 1. The Kier molecular flexibility index (Phi) is 4.70. The number of benzene rings is 1. The van der Waals surface area contributed by atoms with Crippen LogP contribution in [0.4, 0.5) is 0 Å². The van der Waals surface area contributed by atoms with Crippen molar-refractivity contribution in [3.63, 3.8) is 0 Å². The van der Waals surface area contributed by atoms with Crippen molar-refractivity contribution in [1.29, 1.82) is 0 Å². The Bertz CT molecular complexity index is 489. The molecule has 0 aromatic heterocycles. The topological polar surface area (TPSA) is 63.6 Å². The minimum atomic E-state index is -0.894. The summed E-state index contributed by atoms with van der Waals surface area (Å²) in [6.07, 6.45) is 0.145. The Hall–Kier alpha value is -1.84. The fraction of sp³-hybridized carbons (Fsp3) is 0.467. The predicted octanol–water partition coefficient (Wildman–Crippen LogP) is 3.08. The Morgan fingerprint density at radius 1 is 1.26 bits per heavy atom. The number of methoxy groups -OCH3 is 1. The Balaban J connectivity index is 2.95. The van der Waals surface area contributed by atoms with Crippen LogP contribution in [0.3, 0.4) is 0 Å². The number of carboxylic acid groups (broad SMARTS) is 1. The van der Waals surface area contributed by atoms with E-state index in [9.17, 15) is 9.59 Å². The number of aliphatic carboxylic acids is 1. The highest BCUT2D eigenvalue weighted by atomic mass is 16.5. The summed E-state index contributed by atoms with van der Waals surface area (Å²) in [5.74, 6) is -0.456. The Morgan fingerprint density at radius 3 is 2.42 bits per heavy atom. The largest absolute Gasteiger partial charge is 0.496 e.